The van der Waals surface area contributed by atoms with Gasteiger partial charge in [-0.1, -0.05) is 24.3 Å². The Morgan fingerprint density at radius 3 is 2.83 bits per heavy atom. The molecule has 0 fully saturated rings. The predicted molar refractivity (Wildman–Crippen MR) is 67.2 cm³/mol. The number of hydrogen-bond donors (Lipinski definition) is 1. The number of hydrogen-bond acceptors (Lipinski definition) is 4. The molecule has 0 amide bonds. The minimum Gasteiger partial charge on any atom is -0.486 e. The highest BCUT2D eigenvalue weighted by Crippen LogP contribution is 2.39. The lowest BCUT2D eigenvalue weighted by molar-refractivity contribution is -0.384. The van der Waals surface area contributed by atoms with Crippen LogP contribution < -0.4 is 10.1 Å². The van der Waals surface area contributed by atoms with E-state index in [0.29, 0.717) is 18.0 Å². The smallest absolute Gasteiger partial charge is 0.296 e. The third-order valence-electron chi connectivity index (χ3n) is 2.86. The van der Waals surface area contributed by atoms with E-state index in [-0.39, 0.29) is 5.69 Å². The van der Waals surface area contributed by atoms with Gasteiger partial charge in [-0.05, 0) is 12.1 Å². The van der Waals surface area contributed by atoms with Crippen molar-refractivity contribution in [3.8, 4) is 5.75 Å². The fraction of sp³-hybridized carbons (Fsp3) is 0.0769. The Labute approximate surface area is 103 Å². The van der Waals surface area contributed by atoms with E-state index < -0.39 is 4.92 Å². The molecule has 2 aromatic rings. The second-order valence-electron chi connectivity index (χ2n) is 3.98. The van der Waals surface area contributed by atoms with Crippen LogP contribution in [0.4, 0.5) is 17.1 Å². The zero-order valence-corrected chi connectivity index (χ0v) is 9.42. The molecule has 5 heteroatoms. The van der Waals surface area contributed by atoms with Crippen molar-refractivity contribution in [3.05, 3.63) is 58.1 Å². The number of ether oxygens (including phenoxy) is 1. The molecule has 0 atom stereocenters. The van der Waals surface area contributed by atoms with Gasteiger partial charge in [-0.15, -0.1) is 0 Å². The van der Waals surface area contributed by atoms with Crippen molar-refractivity contribution in [1.29, 1.82) is 0 Å². The van der Waals surface area contributed by atoms with Crippen LogP contribution in [0.1, 0.15) is 5.56 Å². The van der Waals surface area contributed by atoms with Gasteiger partial charge in [-0.3, -0.25) is 10.1 Å². The first-order valence-electron chi connectivity index (χ1n) is 5.51. The molecule has 0 unspecified atom stereocenters. The zero-order chi connectivity index (χ0) is 12.5. The largest absolute Gasteiger partial charge is 0.486 e. The van der Waals surface area contributed by atoms with E-state index in [1.54, 1.807) is 12.1 Å². The molecule has 3 rings (SSSR count). The number of benzene rings is 2. The molecule has 1 aliphatic heterocycles. The number of rotatable bonds is 1. The summed E-state index contributed by atoms with van der Waals surface area (Å²) < 4.78 is 5.60. The zero-order valence-electron chi connectivity index (χ0n) is 9.42. The quantitative estimate of drug-likeness (QED) is 0.616. The van der Waals surface area contributed by atoms with Crippen LogP contribution in [0.3, 0.4) is 0 Å². The van der Waals surface area contributed by atoms with Gasteiger partial charge >= 0.3 is 0 Å². The normalized spacial score (nSPS) is 12.4. The van der Waals surface area contributed by atoms with E-state index in [0.717, 1.165) is 11.3 Å². The van der Waals surface area contributed by atoms with Crippen molar-refractivity contribution in [2.24, 2.45) is 0 Å². The van der Waals surface area contributed by atoms with Crippen molar-refractivity contribution in [2.75, 3.05) is 5.32 Å². The van der Waals surface area contributed by atoms with E-state index in [2.05, 4.69) is 5.32 Å². The number of nitro groups is 1. The van der Waals surface area contributed by atoms with E-state index in [9.17, 15) is 10.1 Å². The van der Waals surface area contributed by atoms with E-state index >= 15 is 0 Å². The molecule has 0 saturated heterocycles. The number of fused-ring (bicyclic) bond motifs is 2. The first kappa shape index (κ1) is 10.6. The second-order valence-corrected chi connectivity index (χ2v) is 3.98. The topological polar surface area (TPSA) is 64.4 Å². The monoisotopic (exact) mass is 242 g/mol. The number of anilines is 2. The number of nitrogens with zero attached hydrogens (tertiary/aromatic N) is 1. The van der Waals surface area contributed by atoms with Gasteiger partial charge in [0.15, 0.2) is 5.69 Å². The summed E-state index contributed by atoms with van der Waals surface area (Å²) >= 11 is 0. The standard InChI is InChI=1S/C13H10N2O3/c16-15(17)11-6-3-7-12-13(11)14-10-5-2-1-4-9(10)8-18-12/h1-7,14H,8H2. The summed E-state index contributed by atoms with van der Waals surface area (Å²) in [5, 5.41) is 14.1. The lowest BCUT2D eigenvalue weighted by Gasteiger charge is -2.08. The van der Waals surface area contributed by atoms with Crippen LogP contribution in [0.15, 0.2) is 42.5 Å². The summed E-state index contributed by atoms with van der Waals surface area (Å²) in [6.45, 7) is 0.400. The predicted octanol–water partition coefficient (Wildman–Crippen LogP) is 3.23. The third kappa shape index (κ3) is 1.66. The lowest BCUT2D eigenvalue weighted by Crippen LogP contribution is -1.97. The number of nitrogens with one attached hydrogen (secondary N) is 1. The Bertz CT molecular complexity index is 625. The third-order valence-corrected chi connectivity index (χ3v) is 2.86. The maximum absolute atomic E-state index is 11.0. The highest BCUT2D eigenvalue weighted by molar-refractivity contribution is 5.78. The summed E-state index contributed by atoms with van der Waals surface area (Å²) in [6, 6.07) is 12.4. The molecule has 0 radical (unpaired) electrons. The van der Waals surface area contributed by atoms with Crippen molar-refractivity contribution < 1.29 is 9.66 Å². The van der Waals surface area contributed by atoms with Crippen LogP contribution in [0, 0.1) is 10.1 Å². The molecule has 2 aromatic carbocycles. The number of nitro benzene ring substituents is 1. The van der Waals surface area contributed by atoms with Crippen molar-refractivity contribution in [2.45, 2.75) is 6.61 Å². The molecule has 5 nitrogen and oxygen atoms in total. The van der Waals surface area contributed by atoms with Gasteiger partial charge in [0.05, 0.1) is 4.92 Å². The van der Waals surface area contributed by atoms with Crippen LogP contribution in [0.2, 0.25) is 0 Å². The van der Waals surface area contributed by atoms with E-state index in [1.807, 2.05) is 24.3 Å². The van der Waals surface area contributed by atoms with Crippen LogP contribution in [-0.4, -0.2) is 4.92 Å². The maximum Gasteiger partial charge on any atom is 0.296 e. The van der Waals surface area contributed by atoms with Gasteiger partial charge in [0, 0.05) is 17.3 Å². The molecule has 18 heavy (non-hydrogen) atoms. The van der Waals surface area contributed by atoms with Crippen molar-refractivity contribution in [1.82, 2.24) is 0 Å². The van der Waals surface area contributed by atoms with Crippen molar-refractivity contribution >= 4 is 17.1 Å². The van der Waals surface area contributed by atoms with Gasteiger partial charge < -0.3 is 10.1 Å². The van der Waals surface area contributed by atoms with Crippen LogP contribution in [0.25, 0.3) is 0 Å². The molecule has 0 spiro atoms. The average molecular weight is 242 g/mol. The van der Waals surface area contributed by atoms with E-state index in [1.165, 1.54) is 6.07 Å². The van der Waals surface area contributed by atoms with Crippen LogP contribution in [0.5, 0.6) is 5.75 Å². The molecular weight excluding hydrogens is 232 g/mol. The summed E-state index contributed by atoms with van der Waals surface area (Å²) in [5.41, 5.74) is 2.24. The Morgan fingerprint density at radius 1 is 1.17 bits per heavy atom. The molecule has 1 aliphatic rings. The maximum atomic E-state index is 11.0. The molecule has 1 heterocycles. The Kier molecular flexibility index (Phi) is 2.37. The van der Waals surface area contributed by atoms with Gasteiger partial charge in [0.2, 0.25) is 0 Å². The fourth-order valence-corrected chi connectivity index (χ4v) is 1.98. The summed E-state index contributed by atoms with van der Waals surface area (Å²) in [7, 11) is 0. The molecular formula is C13H10N2O3. The molecule has 1 N–H and O–H groups in total. The second kappa shape index (κ2) is 4.03. The first-order chi connectivity index (χ1) is 8.75. The minimum absolute atomic E-state index is 0.0178. The van der Waals surface area contributed by atoms with Gasteiger partial charge in [0.1, 0.15) is 12.4 Å². The Balaban J connectivity index is 2.15. The molecule has 0 saturated carbocycles. The Hall–Kier alpha value is -2.56. The van der Waals surface area contributed by atoms with Gasteiger partial charge in [-0.2, -0.15) is 0 Å². The number of para-hydroxylation sites is 2. The summed E-state index contributed by atoms with van der Waals surface area (Å²) in [4.78, 5) is 10.6. The van der Waals surface area contributed by atoms with Crippen LogP contribution >= 0.6 is 0 Å². The van der Waals surface area contributed by atoms with E-state index in [4.69, 9.17) is 4.74 Å². The average Bonchev–Trinajstić information content (AvgIpc) is 2.57. The molecule has 90 valence electrons. The fourth-order valence-electron chi connectivity index (χ4n) is 1.98. The highest BCUT2D eigenvalue weighted by Gasteiger charge is 2.22. The molecule has 0 aromatic heterocycles. The SMILES string of the molecule is O=[N+]([O-])c1cccc2c1Nc1ccccc1CO2. The highest BCUT2D eigenvalue weighted by atomic mass is 16.6. The lowest BCUT2D eigenvalue weighted by atomic mass is 10.2. The Morgan fingerprint density at radius 2 is 2.00 bits per heavy atom. The minimum atomic E-state index is -0.414. The molecule has 0 bridgehead atoms. The molecule has 0 aliphatic carbocycles. The van der Waals surface area contributed by atoms with Gasteiger partial charge in [-0.25, -0.2) is 0 Å². The summed E-state index contributed by atoms with van der Waals surface area (Å²) in [5.74, 6) is 0.500. The first-order valence-corrected chi connectivity index (χ1v) is 5.51. The van der Waals surface area contributed by atoms with Gasteiger partial charge in [0.25, 0.3) is 5.69 Å². The summed E-state index contributed by atoms with van der Waals surface area (Å²) in [6.07, 6.45) is 0. The van der Waals surface area contributed by atoms with Crippen LogP contribution in [-0.2, 0) is 6.61 Å². The van der Waals surface area contributed by atoms with Crippen molar-refractivity contribution in [3.63, 3.8) is 0 Å².